The van der Waals surface area contributed by atoms with Crippen molar-refractivity contribution in [3.05, 3.63) is 53.6 Å². The van der Waals surface area contributed by atoms with Crippen molar-refractivity contribution in [2.75, 3.05) is 0 Å². The number of oxazole rings is 1. The number of hydrogen-bond donors (Lipinski definition) is 1. The minimum absolute atomic E-state index is 0.510. The van der Waals surface area contributed by atoms with E-state index in [0.717, 1.165) is 39.2 Å². The zero-order valence-corrected chi connectivity index (χ0v) is 13.2. The van der Waals surface area contributed by atoms with Crippen LogP contribution in [-0.4, -0.2) is 19.9 Å². The normalized spacial score (nSPS) is 11.3. The Balaban J connectivity index is 1.80. The number of aromatic amines is 1. The number of aromatic nitrogens is 4. The highest BCUT2D eigenvalue weighted by Crippen LogP contribution is 2.28. The molecule has 0 bridgehead atoms. The third kappa shape index (κ3) is 2.40. The van der Waals surface area contributed by atoms with E-state index in [4.69, 9.17) is 4.42 Å². The third-order valence-corrected chi connectivity index (χ3v) is 3.93. The topological polar surface area (TPSA) is 67.6 Å². The van der Waals surface area contributed by atoms with Crippen LogP contribution in [0.25, 0.3) is 33.9 Å². The third-order valence-electron chi connectivity index (χ3n) is 3.93. The Morgan fingerprint density at radius 2 is 1.83 bits per heavy atom. The summed E-state index contributed by atoms with van der Waals surface area (Å²) in [5, 5.41) is 0. The van der Waals surface area contributed by atoms with Gasteiger partial charge in [0.1, 0.15) is 5.52 Å². The molecule has 3 heterocycles. The average Bonchev–Trinajstić information content (AvgIpc) is 3.10. The van der Waals surface area contributed by atoms with Gasteiger partial charge >= 0.3 is 0 Å². The molecular weight excluding hydrogens is 288 g/mol. The Kier molecular flexibility index (Phi) is 3.01. The van der Waals surface area contributed by atoms with Crippen LogP contribution in [0, 0.1) is 20.8 Å². The van der Waals surface area contributed by atoms with Crippen molar-refractivity contribution in [1.82, 2.24) is 19.9 Å². The summed E-state index contributed by atoms with van der Waals surface area (Å²) >= 11 is 0. The molecule has 0 aliphatic rings. The van der Waals surface area contributed by atoms with Gasteiger partial charge in [-0.2, -0.15) is 0 Å². The Bertz CT molecular complexity index is 993. The van der Waals surface area contributed by atoms with E-state index in [2.05, 4.69) is 26.0 Å². The van der Waals surface area contributed by atoms with Gasteiger partial charge in [-0.25, -0.2) is 9.97 Å². The summed E-state index contributed by atoms with van der Waals surface area (Å²) in [6.07, 6.45) is 3.70. The SMILES string of the molecule is Cc1cncc(-c2ccc3nc(-c4nc(C)c(C)[nH]4)oc3c2)c1. The van der Waals surface area contributed by atoms with Gasteiger partial charge in [-0.15, -0.1) is 0 Å². The lowest BCUT2D eigenvalue weighted by atomic mass is 10.1. The van der Waals surface area contributed by atoms with Gasteiger partial charge in [-0.1, -0.05) is 6.07 Å². The summed E-state index contributed by atoms with van der Waals surface area (Å²) in [6, 6.07) is 8.09. The first-order chi connectivity index (χ1) is 11.1. The Hall–Kier alpha value is -2.95. The number of fused-ring (bicyclic) bond motifs is 1. The van der Waals surface area contributed by atoms with Gasteiger partial charge in [0.25, 0.3) is 5.89 Å². The summed E-state index contributed by atoms with van der Waals surface area (Å²) in [5.41, 5.74) is 6.78. The molecule has 3 aromatic heterocycles. The molecule has 0 radical (unpaired) electrons. The van der Waals surface area contributed by atoms with Gasteiger partial charge in [-0.05, 0) is 50.1 Å². The lowest BCUT2D eigenvalue weighted by Gasteiger charge is -2.01. The quantitative estimate of drug-likeness (QED) is 0.602. The van der Waals surface area contributed by atoms with Crippen molar-refractivity contribution in [1.29, 1.82) is 0 Å². The molecule has 114 valence electrons. The monoisotopic (exact) mass is 304 g/mol. The molecule has 0 saturated heterocycles. The molecular formula is C18H16N4O. The van der Waals surface area contributed by atoms with Crippen molar-refractivity contribution in [2.45, 2.75) is 20.8 Å². The Morgan fingerprint density at radius 3 is 2.57 bits per heavy atom. The van der Waals surface area contributed by atoms with Crippen molar-refractivity contribution in [3.63, 3.8) is 0 Å². The molecule has 4 rings (SSSR count). The highest BCUT2D eigenvalue weighted by Gasteiger charge is 2.13. The van der Waals surface area contributed by atoms with Crippen LogP contribution in [-0.2, 0) is 0 Å². The van der Waals surface area contributed by atoms with Crippen molar-refractivity contribution >= 4 is 11.1 Å². The van der Waals surface area contributed by atoms with Crippen LogP contribution >= 0.6 is 0 Å². The molecule has 4 aromatic rings. The van der Waals surface area contributed by atoms with E-state index in [9.17, 15) is 0 Å². The van der Waals surface area contributed by atoms with Crippen molar-refractivity contribution in [3.8, 4) is 22.8 Å². The number of nitrogens with one attached hydrogen (secondary N) is 1. The first kappa shape index (κ1) is 13.7. The van der Waals surface area contributed by atoms with Crippen LogP contribution in [0.2, 0.25) is 0 Å². The molecule has 0 atom stereocenters. The van der Waals surface area contributed by atoms with E-state index in [1.165, 1.54) is 0 Å². The van der Waals surface area contributed by atoms with E-state index in [0.29, 0.717) is 11.7 Å². The maximum absolute atomic E-state index is 5.89. The molecule has 0 saturated carbocycles. The van der Waals surface area contributed by atoms with E-state index in [1.807, 2.05) is 51.4 Å². The lowest BCUT2D eigenvalue weighted by molar-refractivity contribution is 0.614. The van der Waals surface area contributed by atoms with Gasteiger partial charge in [0.05, 0.1) is 5.69 Å². The second kappa shape index (κ2) is 5.05. The molecule has 23 heavy (non-hydrogen) atoms. The second-order valence-electron chi connectivity index (χ2n) is 5.75. The van der Waals surface area contributed by atoms with Crippen LogP contribution in [0.5, 0.6) is 0 Å². The molecule has 0 unspecified atom stereocenters. The number of imidazole rings is 1. The Labute approximate surface area is 133 Å². The molecule has 1 aromatic carbocycles. The van der Waals surface area contributed by atoms with Gasteiger partial charge in [0.15, 0.2) is 11.4 Å². The fourth-order valence-corrected chi connectivity index (χ4v) is 2.57. The summed E-state index contributed by atoms with van der Waals surface area (Å²) in [5.74, 6) is 1.17. The smallest absolute Gasteiger partial charge is 0.264 e. The van der Waals surface area contributed by atoms with Gasteiger partial charge < -0.3 is 9.40 Å². The number of benzene rings is 1. The molecule has 5 heteroatoms. The highest BCUT2D eigenvalue weighted by atomic mass is 16.3. The summed E-state index contributed by atoms with van der Waals surface area (Å²) in [7, 11) is 0. The highest BCUT2D eigenvalue weighted by molar-refractivity contribution is 5.81. The second-order valence-corrected chi connectivity index (χ2v) is 5.75. The first-order valence-electron chi connectivity index (χ1n) is 7.46. The molecule has 0 amide bonds. The van der Waals surface area contributed by atoms with Crippen LogP contribution < -0.4 is 0 Å². The van der Waals surface area contributed by atoms with Crippen LogP contribution in [0.3, 0.4) is 0 Å². The van der Waals surface area contributed by atoms with Crippen LogP contribution in [0.4, 0.5) is 0 Å². The molecule has 0 aliphatic carbocycles. The van der Waals surface area contributed by atoms with Gasteiger partial charge in [0.2, 0.25) is 0 Å². The fraction of sp³-hybridized carbons (Fsp3) is 0.167. The van der Waals surface area contributed by atoms with Gasteiger partial charge in [0, 0.05) is 23.7 Å². The predicted molar refractivity (Wildman–Crippen MR) is 89.0 cm³/mol. The molecule has 1 N–H and O–H groups in total. The predicted octanol–water partition coefficient (Wildman–Crippen LogP) is 4.21. The minimum atomic E-state index is 0.510. The average molecular weight is 304 g/mol. The van der Waals surface area contributed by atoms with Crippen LogP contribution in [0.1, 0.15) is 17.0 Å². The summed E-state index contributed by atoms with van der Waals surface area (Å²) < 4.78 is 5.89. The lowest BCUT2D eigenvalue weighted by Crippen LogP contribution is -1.82. The molecule has 0 spiro atoms. The zero-order valence-electron chi connectivity index (χ0n) is 13.2. The largest absolute Gasteiger partial charge is 0.434 e. The number of H-pyrrole nitrogens is 1. The zero-order chi connectivity index (χ0) is 16.0. The number of nitrogens with zero attached hydrogens (tertiary/aromatic N) is 3. The number of pyridine rings is 1. The number of hydrogen-bond acceptors (Lipinski definition) is 4. The maximum Gasteiger partial charge on any atom is 0.264 e. The fourth-order valence-electron chi connectivity index (χ4n) is 2.57. The van der Waals surface area contributed by atoms with E-state index in [1.54, 1.807) is 0 Å². The minimum Gasteiger partial charge on any atom is -0.434 e. The van der Waals surface area contributed by atoms with E-state index >= 15 is 0 Å². The summed E-state index contributed by atoms with van der Waals surface area (Å²) in [6.45, 7) is 5.97. The van der Waals surface area contributed by atoms with E-state index in [-0.39, 0.29) is 0 Å². The maximum atomic E-state index is 5.89. The number of aryl methyl sites for hydroxylation is 3. The first-order valence-corrected chi connectivity index (χ1v) is 7.46. The molecule has 0 aliphatic heterocycles. The Morgan fingerprint density at radius 1 is 0.957 bits per heavy atom. The van der Waals surface area contributed by atoms with Crippen molar-refractivity contribution < 1.29 is 4.42 Å². The van der Waals surface area contributed by atoms with Crippen molar-refractivity contribution in [2.24, 2.45) is 0 Å². The molecule has 5 nitrogen and oxygen atoms in total. The number of rotatable bonds is 2. The van der Waals surface area contributed by atoms with Gasteiger partial charge in [-0.3, -0.25) is 4.98 Å². The van der Waals surface area contributed by atoms with Crippen LogP contribution in [0.15, 0.2) is 41.1 Å². The molecule has 0 fully saturated rings. The summed E-state index contributed by atoms with van der Waals surface area (Å²) in [4.78, 5) is 16.4. The van der Waals surface area contributed by atoms with E-state index < -0.39 is 0 Å². The standard InChI is InChI=1S/C18H16N4O/c1-10-6-14(9-19-8-10)13-4-5-15-16(7-13)23-18(22-15)17-20-11(2)12(3)21-17/h4-9H,1-3H3,(H,20,21).